The fourth-order valence-corrected chi connectivity index (χ4v) is 2.27. The summed E-state index contributed by atoms with van der Waals surface area (Å²) in [5, 5.41) is 0. The van der Waals surface area contributed by atoms with Gasteiger partial charge in [0.1, 0.15) is 19.8 Å². The zero-order chi connectivity index (χ0) is 21.5. The maximum atomic E-state index is 11.3. The SMILES string of the molecule is C=C(C)C(=O)OCCO[Si](OCCOC(=O)C(=C)C)OCCOC(=O)C(=C)C. The first kappa shape index (κ1) is 25.7. The van der Waals surface area contributed by atoms with Crippen molar-refractivity contribution in [3.63, 3.8) is 0 Å². The highest BCUT2D eigenvalue weighted by Gasteiger charge is 2.20. The van der Waals surface area contributed by atoms with Gasteiger partial charge in [-0.05, 0) is 20.8 Å². The fourth-order valence-electron chi connectivity index (χ4n) is 1.27. The molecular formula is C18H27O9Si. The summed E-state index contributed by atoms with van der Waals surface area (Å²) in [5.41, 5.74) is 0.824. The second-order valence-corrected chi connectivity index (χ2v) is 6.91. The molecule has 0 aliphatic rings. The predicted octanol–water partition coefficient (Wildman–Crippen LogP) is 1.38. The van der Waals surface area contributed by atoms with Crippen LogP contribution in [-0.2, 0) is 41.9 Å². The van der Waals surface area contributed by atoms with Gasteiger partial charge in [-0.2, -0.15) is 0 Å². The van der Waals surface area contributed by atoms with Gasteiger partial charge in [-0.3, -0.25) is 0 Å². The smallest absolute Gasteiger partial charge is 0.460 e. The van der Waals surface area contributed by atoms with E-state index in [2.05, 4.69) is 19.7 Å². The van der Waals surface area contributed by atoms with Crippen LogP contribution in [0.2, 0.25) is 0 Å². The van der Waals surface area contributed by atoms with Crippen LogP contribution in [0.5, 0.6) is 0 Å². The van der Waals surface area contributed by atoms with E-state index in [1.165, 1.54) is 20.8 Å². The van der Waals surface area contributed by atoms with Crippen LogP contribution in [0.4, 0.5) is 0 Å². The standard InChI is InChI=1S/C18H27O9Si/c1-13(2)16(19)22-7-10-25-28(26-11-8-23-17(20)14(3)4)27-12-9-24-18(21)15(5)6/h1,3,5,7-12H2,2,4,6H3. The van der Waals surface area contributed by atoms with E-state index in [-0.39, 0.29) is 56.4 Å². The molecule has 0 aliphatic heterocycles. The van der Waals surface area contributed by atoms with Crippen LogP contribution in [0.1, 0.15) is 20.8 Å². The molecule has 0 spiro atoms. The number of rotatable bonds is 15. The molecule has 1 radical (unpaired) electrons. The molecule has 157 valence electrons. The molecule has 0 saturated carbocycles. The molecule has 0 heterocycles. The normalized spacial score (nSPS) is 10.3. The molecular weight excluding hydrogens is 388 g/mol. The van der Waals surface area contributed by atoms with Crippen LogP contribution in [0.15, 0.2) is 36.5 Å². The second kappa shape index (κ2) is 14.7. The Labute approximate surface area is 166 Å². The molecule has 0 N–H and O–H groups in total. The van der Waals surface area contributed by atoms with Crippen molar-refractivity contribution in [2.24, 2.45) is 0 Å². The first-order valence-corrected chi connectivity index (χ1v) is 9.60. The first-order valence-electron chi connectivity index (χ1n) is 8.38. The van der Waals surface area contributed by atoms with Crippen LogP contribution >= 0.6 is 0 Å². The Hall–Kier alpha value is -2.27. The third-order valence-electron chi connectivity index (χ3n) is 2.65. The van der Waals surface area contributed by atoms with E-state index < -0.39 is 27.4 Å². The fraction of sp³-hybridized carbons (Fsp3) is 0.500. The topological polar surface area (TPSA) is 107 Å². The van der Waals surface area contributed by atoms with Gasteiger partial charge in [0.05, 0.1) is 19.8 Å². The third-order valence-corrected chi connectivity index (χ3v) is 3.97. The summed E-state index contributed by atoms with van der Waals surface area (Å²) in [6.45, 7) is 15.1. The molecule has 10 heteroatoms. The lowest BCUT2D eigenvalue weighted by atomic mass is 10.4. The van der Waals surface area contributed by atoms with Gasteiger partial charge in [-0.25, -0.2) is 14.4 Å². The van der Waals surface area contributed by atoms with Gasteiger partial charge in [0.2, 0.25) is 0 Å². The van der Waals surface area contributed by atoms with Gasteiger partial charge < -0.3 is 27.5 Å². The highest BCUT2D eigenvalue weighted by Crippen LogP contribution is 1.98. The molecule has 0 amide bonds. The number of hydrogen-bond acceptors (Lipinski definition) is 9. The third kappa shape index (κ3) is 13.0. The first-order chi connectivity index (χ1) is 13.1. The average Bonchev–Trinajstić information content (AvgIpc) is 2.63. The zero-order valence-electron chi connectivity index (χ0n) is 16.5. The lowest BCUT2D eigenvalue weighted by molar-refractivity contribution is -0.140. The van der Waals surface area contributed by atoms with E-state index in [0.717, 1.165) is 0 Å². The van der Waals surface area contributed by atoms with E-state index in [4.69, 9.17) is 27.5 Å². The van der Waals surface area contributed by atoms with Crippen molar-refractivity contribution in [3.8, 4) is 0 Å². The highest BCUT2D eigenvalue weighted by atomic mass is 28.3. The molecule has 0 aromatic heterocycles. The van der Waals surface area contributed by atoms with Crippen molar-refractivity contribution in [3.05, 3.63) is 36.5 Å². The summed E-state index contributed by atoms with van der Waals surface area (Å²) in [5.74, 6) is -1.59. The Balaban J connectivity index is 4.28. The van der Waals surface area contributed by atoms with Gasteiger partial charge in [-0.15, -0.1) is 0 Å². The zero-order valence-corrected chi connectivity index (χ0v) is 17.5. The lowest BCUT2D eigenvalue weighted by Gasteiger charge is -2.15. The molecule has 28 heavy (non-hydrogen) atoms. The van der Waals surface area contributed by atoms with Crippen molar-refractivity contribution < 1.29 is 41.9 Å². The molecule has 0 aliphatic carbocycles. The largest absolute Gasteiger partial charge is 0.578 e. The second-order valence-electron chi connectivity index (χ2n) is 5.54. The van der Waals surface area contributed by atoms with Gasteiger partial charge in [0.15, 0.2) is 0 Å². The molecule has 9 nitrogen and oxygen atoms in total. The minimum Gasteiger partial charge on any atom is -0.460 e. The van der Waals surface area contributed by atoms with Crippen molar-refractivity contribution in [1.82, 2.24) is 0 Å². The summed E-state index contributed by atoms with van der Waals surface area (Å²) in [7, 11) is -2.24. The number of esters is 3. The van der Waals surface area contributed by atoms with Crippen LogP contribution in [0.25, 0.3) is 0 Å². The van der Waals surface area contributed by atoms with Crippen LogP contribution in [0.3, 0.4) is 0 Å². The Morgan fingerprint density at radius 3 is 1.04 bits per heavy atom. The Kier molecular flexibility index (Phi) is 13.5. The summed E-state index contributed by atoms with van der Waals surface area (Å²) in [4.78, 5) is 33.9. The minimum absolute atomic E-state index is 0.0120. The molecule has 0 atom stereocenters. The van der Waals surface area contributed by atoms with Gasteiger partial charge >= 0.3 is 27.4 Å². The molecule has 0 unspecified atom stereocenters. The van der Waals surface area contributed by atoms with E-state index in [9.17, 15) is 14.4 Å². The Morgan fingerprint density at radius 1 is 0.571 bits per heavy atom. The van der Waals surface area contributed by atoms with Crippen LogP contribution in [-0.4, -0.2) is 67.1 Å². The molecule has 0 aromatic rings. The Morgan fingerprint density at radius 2 is 0.821 bits per heavy atom. The number of carbonyl (C=O) groups excluding carboxylic acids is 3. The summed E-state index contributed by atoms with van der Waals surface area (Å²) < 4.78 is 31.0. The molecule has 0 rings (SSSR count). The molecule has 0 bridgehead atoms. The van der Waals surface area contributed by atoms with Gasteiger partial charge in [0, 0.05) is 16.7 Å². The highest BCUT2D eigenvalue weighted by molar-refractivity contribution is 6.36. The maximum Gasteiger partial charge on any atom is 0.578 e. The quantitative estimate of drug-likeness (QED) is 0.129. The molecule has 0 fully saturated rings. The lowest BCUT2D eigenvalue weighted by Crippen LogP contribution is -2.32. The van der Waals surface area contributed by atoms with Crippen molar-refractivity contribution >= 4 is 27.4 Å². The number of carbonyl (C=O) groups is 3. The Bertz CT molecular complexity index is 505. The van der Waals surface area contributed by atoms with E-state index in [1.54, 1.807) is 0 Å². The minimum atomic E-state index is -2.24. The summed E-state index contributed by atoms with van der Waals surface area (Å²) in [6.07, 6.45) is 0. The van der Waals surface area contributed by atoms with E-state index in [0.29, 0.717) is 0 Å². The van der Waals surface area contributed by atoms with E-state index >= 15 is 0 Å². The number of ether oxygens (including phenoxy) is 3. The molecule has 0 saturated heterocycles. The monoisotopic (exact) mass is 415 g/mol. The summed E-state index contributed by atoms with van der Waals surface area (Å²) in [6, 6.07) is 0. The number of hydrogen-bond donors (Lipinski definition) is 0. The van der Waals surface area contributed by atoms with Crippen molar-refractivity contribution in [2.75, 3.05) is 39.6 Å². The van der Waals surface area contributed by atoms with Gasteiger partial charge in [0.25, 0.3) is 0 Å². The van der Waals surface area contributed by atoms with Crippen molar-refractivity contribution in [2.45, 2.75) is 20.8 Å². The van der Waals surface area contributed by atoms with Gasteiger partial charge in [-0.1, -0.05) is 19.7 Å². The van der Waals surface area contributed by atoms with Crippen molar-refractivity contribution in [1.29, 1.82) is 0 Å². The summed E-state index contributed by atoms with van der Waals surface area (Å²) >= 11 is 0. The van der Waals surface area contributed by atoms with Crippen LogP contribution < -0.4 is 0 Å². The molecule has 0 aromatic carbocycles. The average molecular weight is 415 g/mol. The van der Waals surface area contributed by atoms with E-state index in [1.807, 2.05) is 0 Å². The van der Waals surface area contributed by atoms with Crippen LogP contribution in [0, 0.1) is 0 Å². The predicted molar refractivity (Wildman–Crippen MR) is 101 cm³/mol. The maximum absolute atomic E-state index is 11.3.